The van der Waals surface area contributed by atoms with E-state index in [-0.39, 0.29) is 11.5 Å². The van der Waals surface area contributed by atoms with Gasteiger partial charge in [0, 0.05) is 14.1 Å². The molecule has 0 aliphatic rings. The summed E-state index contributed by atoms with van der Waals surface area (Å²) < 4.78 is 0. The van der Waals surface area contributed by atoms with Gasteiger partial charge < -0.3 is 9.88 Å². The van der Waals surface area contributed by atoms with Crippen molar-refractivity contribution in [1.29, 1.82) is 0 Å². The van der Waals surface area contributed by atoms with E-state index in [1.54, 1.807) is 11.2 Å². The van der Waals surface area contributed by atoms with Gasteiger partial charge in [0.2, 0.25) is 5.95 Å². The lowest BCUT2D eigenvalue weighted by Gasteiger charge is -2.01. The third-order valence-corrected chi connectivity index (χ3v) is 1.69. The van der Waals surface area contributed by atoms with Crippen LogP contribution in [0.5, 0.6) is 0 Å². The van der Waals surface area contributed by atoms with Crippen LogP contribution in [-0.4, -0.2) is 45.3 Å². The van der Waals surface area contributed by atoms with Crippen LogP contribution in [-0.2, 0) is 0 Å². The molecule has 2 aromatic heterocycles. The Bertz CT molecular complexity index is 553. The molecule has 0 aliphatic carbocycles. The van der Waals surface area contributed by atoms with Crippen molar-refractivity contribution in [2.75, 3.05) is 14.1 Å². The van der Waals surface area contributed by atoms with E-state index in [1.165, 1.54) is 6.33 Å². The molecule has 2 heterocycles. The molecule has 0 radical (unpaired) electrons. The summed E-state index contributed by atoms with van der Waals surface area (Å²) in [6.07, 6.45) is 2.98. The molecule has 17 heavy (non-hydrogen) atoms. The first-order valence-electron chi connectivity index (χ1n) is 5.31. The molecular weight excluding hydrogens is 220 g/mol. The van der Waals surface area contributed by atoms with Crippen LogP contribution < -0.4 is 5.56 Å². The van der Waals surface area contributed by atoms with Crippen LogP contribution >= 0.6 is 0 Å². The molecule has 0 fully saturated rings. The molecule has 7 nitrogen and oxygen atoms in total. The normalized spacial score (nSPS) is 10.4. The van der Waals surface area contributed by atoms with E-state index in [9.17, 15) is 4.79 Å². The molecule has 0 amide bonds. The molecular formula is C10H16N6O. The number of H-pyrrole nitrogens is 2. The van der Waals surface area contributed by atoms with Gasteiger partial charge in [0.15, 0.2) is 11.2 Å². The van der Waals surface area contributed by atoms with Gasteiger partial charge in [0.05, 0.1) is 12.7 Å². The maximum Gasteiger partial charge on any atom is 0.278 e. The Morgan fingerprint density at radius 1 is 1.41 bits per heavy atom. The number of aromatic amines is 2. The summed E-state index contributed by atoms with van der Waals surface area (Å²) in [6.45, 7) is 4.00. The van der Waals surface area contributed by atoms with Crippen LogP contribution in [0, 0.1) is 0 Å². The van der Waals surface area contributed by atoms with Crippen molar-refractivity contribution in [2.24, 2.45) is 4.99 Å². The second-order valence-electron chi connectivity index (χ2n) is 3.20. The summed E-state index contributed by atoms with van der Waals surface area (Å²) in [7, 11) is 3.66. The Balaban J connectivity index is 0.000000686. The average Bonchev–Trinajstić information content (AvgIpc) is 2.78. The van der Waals surface area contributed by atoms with E-state index < -0.39 is 0 Å². The molecule has 0 aliphatic heterocycles. The van der Waals surface area contributed by atoms with Gasteiger partial charge in [-0.15, -0.1) is 0 Å². The minimum atomic E-state index is -0.275. The molecule has 0 spiro atoms. The van der Waals surface area contributed by atoms with Gasteiger partial charge in [-0.05, 0) is 0 Å². The molecule has 2 aromatic rings. The van der Waals surface area contributed by atoms with E-state index in [0.717, 1.165) is 0 Å². The Morgan fingerprint density at radius 3 is 2.76 bits per heavy atom. The predicted octanol–water partition coefficient (Wildman–Crippen LogP) is 0.894. The summed E-state index contributed by atoms with van der Waals surface area (Å²) in [5.74, 6) is 0.244. The molecule has 2 N–H and O–H groups in total. The number of nitrogens with zero attached hydrogens (tertiary/aromatic N) is 4. The first kappa shape index (κ1) is 12.9. The van der Waals surface area contributed by atoms with Gasteiger partial charge in [-0.1, -0.05) is 13.8 Å². The van der Waals surface area contributed by atoms with Crippen molar-refractivity contribution < 1.29 is 0 Å². The van der Waals surface area contributed by atoms with Gasteiger partial charge in [-0.3, -0.25) is 9.78 Å². The second-order valence-corrected chi connectivity index (χ2v) is 3.20. The molecule has 0 atom stereocenters. The number of hydrogen-bond donors (Lipinski definition) is 2. The highest BCUT2D eigenvalue weighted by Crippen LogP contribution is 2.04. The van der Waals surface area contributed by atoms with Crippen LogP contribution in [0.15, 0.2) is 16.1 Å². The number of nitrogens with one attached hydrogen (secondary N) is 2. The lowest BCUT2D eigenvalue weighted by atomic mass is 10.5. The smallest absolute Gasteiger partial charge is 0.278 e. The van der Waals surface area contributed by atoms with Gasteiger partial charge in [-0.25, -0.2) is 9.98 Å². The summed E-state index contributed by atoms with van der Waals surface area (Å²) >= 11 is 0. The molecule has 0 unspecified atom stereocenters. The lowest BCUT2D eigenvalue weighted by Crippen LogP contribution is -2.10. The zero-order chi connectivity index (χ0) is 12.8. The molecule has 2 rings (SSSR count). The quantitative estimate of drug-likeness (QED) is 0.598. The number of aliphatic imine (C=N–C) groups is 1. The number of aromatic nitrogens is 4. The van der Waals surface area contributed by atoms with Crippen molar-refractivity contribution in [1.82, 2.24) is 24.8 Å². The molecule has 0 saturated carbocycles. The van der Waals surface area contributed by atoms with Crippen molar-refractivity contribution in [3.8, 4) is 0 Å². The fourth-order valence-electron chi connectivity index (χ4n) is 1.06. The minimum absolute atomic E-state index is 0.244. The van der Waals surface area contributed by atoms with Gasteiger partial charge in [0.25, 0.3) is 5.56 Å². The van der Waals surface area contributed by atoms with Crippen LogP contribution in [0.1, 0.15) is 13.8 Å². The highest BCUT2D eigenvalue weighted by molar-refractivity contribution is 5.70. The van der Waals surface area contributed by atoms with E-state index in [1.807, 2.05) is 27.9 Å². The molecule has 0 bridgehead atoms. The van der Waals surface area contributed by atoms with E-state index in [2.05, 4.69) is 24.9 Å². The van der Waals surface area contributed by atoms with Crippen molar-refractivity contribution in [2.45, 2.75) is 13.8 Å². The zero-order valence-corrected chi connectivity index (χ0v) is 10.4. The third-order valence-electron chi connectivity index (χ3n) is 1.69. The van der Waals surface area contributed by atoms with Gasteiger partial charge >= 0.3 is 0 Å². The number of rotatable bonds is 2. The minimum Gasteiger partial charge on any atom is -0.369 e. The SMILES string of the molecule is CC.CN(C)/C=N/c1nc2nc[nH]c2c(=O)[nH]1. The maximum atomic E-state index is 11.5. The summed E-state index contributed by atoms with van der Waals surface area (Å²) in [6, 6.07) is 0. The largest absolute Gasteiger partial charge is 0.369 e. The molecule has 0 aromatic carbocycles. The highest BCUT2D eigenvalue weighted by atomic mass is 16.1. The fraction of sp³-hybridized carbons (Fsp3) is 0.400. The lowest BCUT2D eigenvalue weighted by molar-refractivity contribution is 0.642. The molecule has 92 valence electrons. The van der Waals surface area contributed by atoms with E-state index in [0.29, 0.717) is 11.2 Å². The Kier molecular flexibility index (Phi) is 4.38. The standard InChI is InChI=1S/C8H10N6O.C2H6/c1-14(2)4-11-8-12-6-5(7(15)13-8)9-3-10-6;1-2/h3-4H,1-2H3,(H2,9,10,12,13,15);1-2H3/b11-4+;. The van der Waals surface area contributed by atoms with E-state index in [4.69, 9.17) is 0 Å². The Labute approximate surface area is 98.6 Å². The predicted molar refractivity (Wildman–Crippen MR) is 67.7 cm³/mol. The molecule has 0 saturated heterocycles. The Morgan fingerprint density at radius 2 is 2.12 bits per heavy atom. The first-order chi connectivity index (χ1) is 8.16. The average molecular weight is 236 g/mol. The summed E-state index contributed by atoms with van der Waals surface area (Å²) in [4.78, 5) is 30.3. The van der Waals surface area contributed by atoms with Crippen LogP contribution in [0.4, 0.5) is 5.95 Å². The third kappa shape index (κ3) is 3.13. The summed E-state index contributed by atoms with van der Waals surface area (Å²) in [5, 5.41) is 0. The van der Waals surface area contributed by atoms with Crippen LogP contribution in [0.3, 0.4) is 0 Å². The van der Waals surface area contributed by atoms with E-state index >= 15 is 0 Å². The van der Waals surface area contributed by atoms with Crippen molar-refractivity contribution in [3.63, 3.8) is 0 Å². The molecule has 7 heteroatoms. The number of hydrogen-bond acceptors (Lipinski definition) is 4. The van der Waals surface area contributed by atoms with Crippen LogP contribution in [0.25, 0.3) is 11.2 Å². The van der Waals surface area contributed by atoms with Gasteiger partial charge in [0.1, 0.15) is 0 Å². The monoisotopic (exact) mass is 236 g/mol. The van der Waals surface area contributed by atoms with Crippen LogP contribution in [0.2, 0.25) is 0 Å². The van der Waals surface area contributed by atoms with Gasteiger partial charge in [-0.2, -0.15) is 4.98 Å². The zero-order valence-electron chi connectivity index (χ0n) is 10.4. The maximum absolute atomic E-state index is 11.5. The summed E-state index contributed by atoms with van der Waals surface area (Å²) in [5.41, 5.74) is 0.451. The fourth-order valence-corrected chi connectivity index (χ4v) is 1.06. The number of fused-ring (bicyclic) bond motifs is 1. The topological polar surface area (TPSA) is 90.0 Å². The first-order valence-corrected chi connectivity index (χ1v) is 5.31. The van der Waals surface area contributed by atoms with Crippen molar-refractivity contribution >= 4 is 23.5 Å². The van der Waals surface area contributed by atoms with Crippen molar-refractivity contribution in [3.05, 3.63) is 16.7 Å². The highest BCUT2D eigenvalue weighted by Gasteiger charge is 2.03. The second kappa shape index (κ2) is 5.78. The number of imidazole rings is 1. The Hall–Kier alpha value is -2.18.